The quantitative estimate of drug-likeness (QED) is 0.825. The van der Waals surface area contributed by atoms with Crippen LogP contribution in [-0.2, 0) is 9.53 Å². The zero-order valence-corrected chi connectivity index (χ0v) is 14.0. The molecule has 24 heavy (non-hydrogen) atoms. The van der Waals surface area contributed by atoms with Crippen LogP contribution in [0.15, 0.2) is 48.5 Å². The molecule has 1 fully saturated rings. The standard InChI is InChI=1S/C19H18ClNO3/c1-24-19(23)15-11-14(9-10-16(15)20)21-18(22)17(13-7-8-13)12-5-3-2-4-6-12/h2-6,9-11,13,17H,7-8H2,1H3,(H,21,22). The van der Waals surface area contributed by atoms with Crippen molar-refractivity contribution in [2.75, 3.05) is 12.4 Å². The molecule has 1 saturated carbocycles. The van der Waals surface area contributed by atoms with Gasteiger partial charge in [-0.15, -0.1) is 0 Å². The first kappa shape index (κ1) is 16.5. The highest BCUT2D eigenvalue weighted by Crippen LogP contribution is 2.43. The maximum atomic E-state index is 12.8. The summed E-state index contributed by atoms with van der Waals surface area (Å²) in [6.45, 7) is 0. The average Bonchev–Trinajstić information content (AvgIpc) is 3.42. The molecule has 0 aliphatic heterocycles. The number of carbonyl (C=O) groups excluding carboxylic acids is 2. The Balaban J connectivity index is 1.82. The van der Waals surface area contributed by atoms with Crippen molar-refractivity contribution in [3.63, 3.8) is 0 Å². The van der Waals surface area contributed by atoms with Crippen molar-refractivity contribution < 1.29 is 14.3 Å². The Morgan fingerprint density at radius 3 is 2.50 bits per heavy atom. The molecule has 2 aromatic carbocycles. The molecule has 0 bridgehead atoms. The van der Waals surface area contributed by atoms with Crippen LogP contribution >= 0.6 is 11.6 Å². The molecule has 1 aliphatic carbocycles. The molecule has 1 aliphatic rings. The van der Waals surface area contributed by atoms with Gasteiger partial charge in [-0.3, -0.25) is 4.79 Å². The predicted molar refractivity (Wildman–Crippen MR) is 93.3 cm³/mol. The zero-order chi connectivity index (χ0) is 17.1. The van der Waals surface area contributed by atoms with E-state index in [0.717, 1.165) is 18.4 Å². The molecule has 1 unspecified atom stereocenters. The Kier molecular flexibility index (Phi) is 4.86. The molecule has 1 amide bonds. The van der Waals surface area contributed by atoms with E-state index >= 15 is 0 Å². The van der Waals surface area contributed by atoms with Crippen molar-refractivity contribution in [1.29, 1.82) is 0 Å². The van der Waals surface area contributed by atoms with Crippen LogP contribution in [0.4, 0.5) is 5.69 Å². The van der Waals surface area contributed by atoms with Crippen LogP contribution in [0.3, 0.4) is 0 Å². The lowest BCUT2D eigenvalue weighted by molar-refractivity contribution is -0.118. The van der Waals surface area contributed by atoms with E-state index in [9.17, 15) is 9.59 Å². The van der Waals surface area contributed by atoms with E-state index < -0.39 is 5.97 Å². The van der Waals surface area contributed by atoms with Crippen LogP contribution in [0.2, 0.25) is 5.02 Å². The molecule has 0 saturated heterocycles. The topological polar surface area (TPSA) is 55.4 Å². The Morgan fingerprint density at radius 2 is 1.88 bits per heavy atom. The summed E-state index contributed by atoms with van der Waals surface area (Å²) in [5.41, 5.74) is 1.78. The van der Waals surface area contributed by atoms with Gasteiger partial charge in [0, 0.05) is 5.69 Å². The number of hydrogen-bond acceptors (Lipinski definition) is 3. The fourth-order valence-corrected chi connectivity index (χ4v) is 3.01. The molecule has 2 aromatic rings. The van der Waals surface area contributed by atoms with Crippen LogP contribution in [0.5, 0.6) is 0 Å². The Bertz CT molecular complexity index is 756. The Morgan fingerprint density at radius 1 is 1.17 bits per heavy atom. The highest BCUT2D eigenvalue weighted by molar-refractivity contribution is 6.33. The van der Waals surface area contributed by atoms with Crippen molar-refractivity contribution in [2.24, 2.45) is 5.92 Å². The van der Waals surface area contributed by atoms with E-state index in [1.165, 1.54) is 7.11 Å². The van der Waals surface area contributed by atoms with Gasteiger partial charge in [0.25, 0.3) is 0 Å². The number of halogens is 1. The molecule has 0 radical (unpaired) electrons. The van der Waals surface area contributed by atoms with Gasteiger partial charge in [-0.1, -0.05) is 41.9 Å². The fraction of sp³-hybridized carbons (Fsp3) is 0.263. The number of anilines is 1. The largest absolute Gasteiger partial charge is 0.465 e. The summed E-state index contributed by atoms with van der Waals surface area (Å²) in [5.74, 6) is -0.400. The van der Waals surface area contributed by atoms with Crippen LogP contribution in [0.25, 0.3) is 0 Å². The lowest BCUT2D eigenvalue weighted by Crippen LogP contribution is -2.23. The third-order valence-corrected chi connectivity index (χ3v) is 4.50. The van der Waals surface area contributed by atoms with Gasteiger partial charge < -0.3 is 10.1 Å². The first-order valence-electron chi connectivity index (χ1n) is 7.84. The first-order valence-corrected chi connectivity index (χ1v) is 8.21. The minimum Gasteiger partial charge on any atom is -0.465 e. The number of esters is 1. The summed E-state index contributed by atoms with van der Waals surface area (Å²) < 4.78 is 4.71. The number of rotatable bonds is 5. The number of amides is 1. The number of hydrogen-bond donors (Lipinski definition) is 1. The van der Waals surface area contributed by atoms with E-state index in [0.29, 0.717) is 16.6 Å². The summed E-state index contributed by atoms with van der Waals surface area (Å²) in [6.07, 6.45) is 2.11. The summed E-state index contributed by atoms with van der Waals surface area (Å²) in [4.78, 5) is 24.5. The first-order chi connectivity index (χ1) is 11.6. The lowest BCUT2D eigenvalue weighted by Gasteiger charge is -2.17. The summed E-state index contributed by atoms with van der Waals surface area (Å²) in [5, 5.41) is 3.20. The third-order valence-electron chi connectivity index (χ3n) is 4.17. The molecular weight excluding hydrogens is 326 g/mol. The molecule has 0 heterocycles. The number of ether oxygens (including phenoxy) is 1. The highest BCUT2D eigenvalue weighted by Gasteiger charge is 2.37. The Labute approximate surface area is 145 Å². The molecule has 3 rings (SSSR count). The number of methoxy groups -OCH3 is 1. The van der Waals surface area contributed by atoms with Crippen LogP contribution in [-0.4, -0.2) is 19.0 Å². The van der Waals surface area contributed by atoms with E-state index in [1.54, 1.807) is 18.2 Å². The van der Waals surface area contributed by atoms with Crippen LogP contribution < -0.4 is 5.32 Å². The third kappa shape index (κ3) is 3.60. The second-order valence-corrected chi connectivity index (χ2v) is 6.31. The molecular formula is C19H18ClNO3. The van der Waals surface area contributed by atoms with Gasteiger partial charge in [0.2, 0.25) is 5.91 Å². The molecule has 1 N–H and O–H groups in total. The second-order valence-electron chi connectivity index (χ2n) is 5.90. The van der Waals surface area contributed by atoms with Gasteiger partial charge in [0.05, 0.1) is 23.6 Å². The van der Waals surface area contributed by atoms with Crippen LogP contribution in [0.1, 0.15) is 34.7 Å². The van der Waals surface area contributed by atoms with E-state index in [1.807, 2.05) is 30.3 Å². The van der Waals surface area contributed by atoms with E-state index in [-0.39, 0.29) is 17.4 Å². The fourth-order valence-electron chi connectivity index (χ4n) is 2.82. The molecule has 1 atom stereocenters. The minimum atomic E-state index is -0.530. The molecule has 5 heteroatoms. The number of carbonyl (C=O) groups is 2. The van der Waals surface area contributed by atoms with Gasteiger partial charge in [0.1, 0.15) is 0 Å². The van der Waals surface area contributed by atoms with Crippen molar-refractivity contribution >= 4 is 29.2 Å². The lowest BCUT2D eigenvalue weighted by atomic mass is 9.93. The summed E-state index contributed by atoms with van der Waals surface area (Å²) >= 11 is 6.01. The maximum absolute atomic E-state index is 12.8. The van der Waals surface area contributed by atoms with Crippen molar-refractivity contribution in [3.8, 4) is 0 Å². The number of benzene rings is 2. The molecule has 124 valence electrons. The van der Waals surface area contributed by atoms with Gasteiger partial charge >= 0.3 is 5.97 Å². The monoisotopic (exact) mass is 343 g/mol. The van der Waals surface area contributed by atoms with E-state index in [2.05, 4.69) is 5.32 Å². The maximum Gasteiger partial charge on any atom is 0.339 e. The minimum absolute atomic E-state index is 0.0677. The van der Waals surface area contributed by atoms with Crippen molar-refractivity contribution in [1.82, 2.24) is 0 Å². The summed E-state index contributed by atoms with van der Waals surface area (Å²) in [7, 11) is 1.29. The summed E-state index contributed by atoms with van der Waals surface area (Å²) in [6, 6.07) is 14.6. The van der Waals surface area contributed by atoms with Crippen LogP contribution in [0, 0.1) is 5.92 Å². The van der Waals surface area contributed by atoms with E-state index in [4.69, 9.17) is 16.3 Å². The van der Waals surface area contributed by atoms with Gasteiger partial charge in [0.15, 0.2) is 0 Å². The smallest absolute Gasteiger partial charge is 0.339 e. The SMILES string of the molecule is COC(=O)c1cc(NC(=O)C(c2ccccc2)C2CC2)ccc1Cl. The second kappa shape index (κ2) is 7.05. The highest BCUT2D eigenvalue weighted by atomic mass is 35.5. The number of nitrogens with one attached hydrogen (secondary N) is 1. The molecule has 4 nitrogen and oxygen atoms in total. The molecule has 0 spiro atoms. The van der Waals surface area contributed by atoms with Crippen molar-refractivity contribution in [3.05, 3.63) is 64.7 Å². The van der Waals surface area contributed by atoms with Gasteiger partial charge in [-0.25, -0.2) is 4.79 Å². The predicted octanol–water partition coefficient (Wildman–Crippen LogP) is 4.26. The van der Waals surface area contributed by atoms with Crippen molar-refractivity contribution in [2.45, 2.75) is 18.8 Å². The average molecular weight is 344 g/mol. The van der Waals surface area contributed by atoms with Gasteiger partial charge in [-0.05, 0) is 42.5 Å². The molecule has 0 aromatic heterocycles. The Hall–Kier alpha value is -2.33. The zero-order valence-electron chi connectivity index (χ0n) is 13.3. The normalized spacial score (nSPS) is 14.8. The van der Waals surface area contributed by atoms with Gasteiger partial charge in [-0.2, -0.15) is 0 Å².